The first-order valence-electron chi connectivity index (χ1n) is 16.8. The fraction of sp³-hybridized carbons (Fsp3) is 0.0889. The summed E-state index contributed by atoms with van der Waals surface area (Å²) in [6, 6.07) is 41.8. The summed E-state index contributed by atoms with van der Waals surface area (Å²) in [6.07, 6.45) is 17.8. The summed E-state index contributed by atoms with van der Waals surface area (Å²) in [5, 5.41) is 7.74. The van der Waals surface area contributed by atoms with E-state index in [0.29, 0.717) is 0 Å². The van der Waals surface area contributed by atoms with Gasteiger partial charge in [-0.2, -0.15) is 0 Å². The molecule has 48 heavy (non-hydrogen) atoms. The van der Waals surface area contributed by atoms with Gasteiger partial charge in [-0.05, 0) is 85.5 Å². The van der Waals surface area contributed by atoms with Crippen molar-refractivity contribution in [1.29, 1.82) is 0 Å². The van der Waals surface area contributed by atoms with Crippen LogP contribution < -0.4 is 0 Å². The molecule has 1 heterocycles. The number of benzene rings is 6. The van der Waals surface area contributed by atoms with Gasteiger partial charge < -0.3 is 0 Å². The molecule has 0 radical (unpaired) electrons. The Morgan fingerprint density at radius 3 is 1.79 bits per heavy atom. The first-order valence-corrected chi connectivity index (χ1v) is 16.8. The maximum atomic E-state index is 5.10. The molecule has 0 saturated heterocycles. The molecular weight excluding hydrogens is 583 g/mol. The molecule has 0 fully saturated rings. The molecule has 1 unspecified atom stereocenters. The second-order valence-corrected chi connectivity index (χ2v) is 12.6. The molecule has 7 aromatic rings. The second-order valence-electron chi connectivity index (χ2n) is 12.6. The minimum atomic E-state index is 0.138. The van der Waals surface area contributed by atoms with Crippen LogP contribution in [0, 0.1) is 0 Å². The minimum absolute atomic E-state index is 0.138. The van der Waals surface area contributed by atoms with Crippen LogP contribution in [0.3, 0.4) is 0 Å². The smallest absolute Gasteiger partial charge is 0.164 e. The van der Waals surface area contributed by atoms with Crippen LogP contribution in [-0.2, 0) is 0 Å². The maximum Gasteiger partial charge on any atom is 0.164 e. The van der Waals surface area contributed by atoms with Gasteiger partial charge in [-0.1, -0.05) is 152 Å². The van der Waals surface area contributed by atoms with E-state index < -0.39 is 0 Å². The Morgan fingerprint density at radius 1 is 0.479 bits per heavy atom. The third-order valence-electron chi connectivity index (χ3n) is 9.71. The third-order valence-corrected chi connectivity index (χ3v) is 9.71. The zero-order valence-corrected chi connectivity index (χ0v) is 26.6. The van der Waals surface area contributed by atoms with Gasteiger partial charge in [-0.3, -0.25) is 0 Å². The fourth-order valence-corrected chi connectivity index (χ4v) is 7.24. The quantitative estimate of drug-likeness (QED) is 0.181. The highest BCUT2D eigenvalue weighted by atomic mass is 15.0. The van der Waals surface area contributed by atoms with Gasteiger partial charge >= 0.3 is 0 Å². The summed E-state index contributed by atoms with van der Waals surface area (Å²) in [7, 11) is 0. The van der Waals surface area contributed by atoms with E-state index in [0.717, 1.165) is 59.0 Å². The summed E-state index contributed by atoms with van der Waals surface area (Å²) in [6.45, 7) is 0. The largest absolute Gasteiger partial charge is 0.213 e. The molecule has 0 bridgehead atoms. The molecule has 0 aliphatic heterocycles. The highest BCUT2D eigenvalue weighted by Gasteiger charge is 2.20. The molecule has 228 valence electrons. The topological polar surface area (TPSA) is 38.7 Å². The molecule has 1 atom stereocenters. The number of rotatable bonds is 5. The SMILES string of the molecule is C1=CCCC(c2nc(-c3ccccc3-c3ccc(-c4ccc5c6ccccc6c6ccccc6c5c4)cc3)nc(C3C=CC=CC3)n2)=C1. The summed E-state index contributed by atoms with van der Waals surface area (Å²) in [4.78, 5) is 15.2. The molecule has 2 aliphatic carbocycles. The van der Waals surface area contributed by atoms with Crippen LogP contribution in [0.25, 0.3) is 71.5 Å². The Balaban J connectivity index is 1.12. The number of fused-ring (bicyclic) bond motifs is 6. The lowest BCUT2D eigenvalue weighted by molar-refractivity contribution is 0.754. The number of hydrogen-bond acceptors (Lipinski definition) is 3. The molecule has 2 aliphatic rings. The van der Waals surface area contributed by atoms with Gasteiger partial charge in [0.2, 0.25) is 0 Å². The van der Waals surface area contributed by atoms with Crippen molar-refractivity contribution in [2.75, 3.05) is 0 Å². The van der Waals surface area contributed by atoms with Crippen molar-refractivity contribution in [2.45, 2.75) is 25.2 Å². The van der Waals surface area contributed by atoms with E-state index in [9.17, 15) is 0 Å². The van der Waals surface area contributed by atoms with Crippen LogP contribution in [0.15, 0.2) is 158 Å². The zero-order valence-electron chi connectivity index (χ0n) is 26.6. The van der Waals surface area contributed by atoms with Crippen LogP contribution in [0.1, 0.15) is 36.8 Å². The molecular formula is C45H33N3. The summed E-state index contributed by atoms with van der Waals surface area (Å²) in [5.74, 6) is 2.47. The molecule has 3 nitrogen and oxygen atoms in total. The molecule has 0 spiro atoms. The molecule has 0 amide bonds. The van der Waals surface area contributed by atoms with Gasteiger partial charge in [0.25, 0.3) is 0 Å². The van der Waals surface area contributed by atoms with Crippen LogP contribution in [0.4, 0.5) is 0 Å². The Kier molecular flexibility index (Phi) is 7.09. The first-order chi connectivity index (χ1) is 23.8. The summed E-state index contributed by atoms with van der Waals surface area (Å²) in [5.41, 5.74) is 6.82. The summed E-state index contributed by atoms with van der Waals surface area (Å²) >= 11 is 0. The van der Waals surface area contributed by atoms with E-state index in [1.165, 1.54) is 43.4 Å². The lowest BCUT2D eigenvalue weighted by Crippen LogP contribution is -2.10. The molecule has 6 aromatic carbocycles. The van der Waals surface area contributed by atoms with Crippen LogP contribution >= 0.6 is 0 Å². The van der Waals surface area contributed by atoms with E-state index in [2.05, 4.69) is 158 Å². The molecule has 0 saturated carbocycles. The standard InChI is InChI=1S/C45H33N3/c1-3-13-32(14-4-1)43-46-44(33-15-5-2-6-16-33)48-45(47-43)41-22-12-7-17-35(41)31-25-23-30(24-26-31)34-27-28-40-38-20-9-8-18-36(38)37-19-10-11-21-39(37)42(40)29-34/h1-5,7-13,15,17-29,32H,6,14,16H2. The van der Waals surface area contributed by atoms with Gasteiger partial charge in [0, 0.05) is 11.5 Å². The number of nitrogens with zero attached hydrogens (tertiary/aromatic N) is 3. The van der Waals surface area contributed by atoms with E-state index in [4.69, 9.17) is 15.0 Å². The average molecular weight is 616 g/mol. The van der Waals surface area contributed by atoms with E-state index >= 15 is 0 Å². The first kappa shape index (κ1) is 28.3. The second kappa shape index (κ2) is 12.0. The van der Waals surface area contributed by atoms with Crippen molar-refractivity contribution in [3.8, 4) is 33.6 Å². The number of aromatic nitrogens is 3. The van der Waals surface area contributed by atoms with Crippen molar-refractivity contribution < 1.29 is 0 Å². The fourth-order valence-electron chi connectivity index (χ4n) is 7.24. The Morgan fingerprint density at radius 2 is 1.10 bits per heavy atom. The maximum absolute atomic E-state index is 5.10. The molecule has 1 aromatic heterocycles. The van der Waals surface area contributed by atoms with Gasteiger partial charge in [0.15, 0.2) is 11.6 Å². The number of allylic oxidation sites excluding steroid dienone is 8. The van der Waals surface area contributed by atoms with Crippen LogP contribution in [0.2, 0.25) is 0 Å². The lowest BCUT2D eigenvalue weighted by Gasteiger charge is -2.17. The lowest BCUT2D eigenvalue weighted by atomic mass is 9.91. The summed E-state index contributed by atoms with van der Waals surface area (Å²) < 4.78 is 0. The van der Waals surface area contributed by atoms with Crippen LogP contribution in [-0.4, -0.2) is 15.0 Å². The highest BCUT2D eigenvalue weighted by molar-refractivity contribution is 6.25. The molecule has 3 heteroatoms. The van der Waals surface area contributed by atoms with Crippen molar-refractivity contribution in [1.82, 2.24) is 15.0 Å². The predicted octanol–water partition coefficient (Wildman–Crippen LogP) is 11.7. The van der Waals surface area contributed by atoms with E-state index in [1.807, 2.05) is 0 Å². The zero-order chi connectivity index (χ0) is 31.9. The van der Waals surface area contributed by atoms with E-state index in [-0.39, 0.29) is 5.92 Å². The van der Waals surface area contributed by atoms with Gasteiger partial charge in [-0.25, -0.2) is 15.0 Å². The van der Waals surface area contributed by atoms with Crippen LogP contribution in [0.5, 0.6) is 0 Å². The highest BCUT2D eigenvalue weighted by Crippen LogP contribution is 2.38. The van der Waals surface area contributed by atoms with Gasteiger partial charge in [0.1, 0.15) is 5.82 Å². The third kappa shape index (κ3) is 5.05. The Labute approximate surface area is 280 Å². The van der Waals surface area contributed by atoms with E-state index in [1.54, 1.807) is 0 Å². The van der Waals surface area contributed by atoms with Crippen molar-refractivity contribution >= 4 is 37.9 Å². The van der Waals surface area contributed by atoms with Crippen molar-refractivity contribution in [2.24, 2.45) is 0 Å². The number of hydrogen-bond donors (Lipinski definition) is 0. The Hall–Kier alpha value is -5.93. The minimum Gasteiger partial charge on any atom is -0.213 e. The normalized spacial score (nSPS) is 15.8. The monoisotopic (exact) mass is 615 g/mol. The molecule has 9 rings (SSSR count). The average Bonchev–Trinajstić information content (AvgIpc) is 3.18. The molecule has 0 N–H and O–H groups in total. The predicted molar refractivity (Wildman–Crippen MR) is 201 cm³/mol. The van der Waals surface area contributed by atoms with Gasteiger partial charge in [0.05, 0.1) is 0 Å². The van der Waals surface area contributed by atoms with Crippen molar-refractivity contribution in [3.63, 3.8) is 0 Å². The Bertz CT molecular complexity index is 2450. The van der Waals surface area contributed by atoms with Gasteiger partial charge in [-0.15, -0.1) is 0 Å². The van der Waals surface area contributed by atoms with Crippen molar-refractivity contribution in [3.05, 3.63) is 169 Å².